The lowest BCUT2D eigenvalue weighted by atomic mass is 10.0. The van der Waals surface area contributed by atoms with Crippen LogP contribution >= 0.6 is 0 Å². The summed E-state index contributed by atoms with van der Waals surface area (Å²) in [5.41, 5.74) is 7.35. The van der Waals surface area contributed by atoms with Crippen LogP contribution < -0.4 is 10.8 Å². The van der Waals surface area contributed by atoms with Crippen LogP contribution in [0.15, 0.2) is 78.9 Å². The average molecular weight is 544 g/mol. The Hall–Kier alpha value is -3.07. The molecule has 0 spiro atoms. The van der Waals surface area contributed by atoms with Gasteiger partial charge in [-0.05, 0) is 62.2 Å². The molecule has 3 N–H and O–H groups in total. The van der Waals surface area contributed by atoms with Crippen molar-refractivity contribution in [3.8, 4) is 0 Å². The number of hydroxylamine groups is 1. The summed E-state index contributed by atoms with van der Waals surface area (Å²) >= 11 is 0. The van der Waals surface area contributed by atoms with Crippen molar-refractivity contribution in [2.75, 3.05) is 26.7 Å². The van der Waals surface area contributed by atoms with Crippen LogP contribution in [0.1, 0.15) is 53.4 Å². The molecule has 0 radical (unpaired) electrons. The Bertz CT molecular complexity index is 1190. The first kappa shape index (κ1) is 29.9. The summed E-state index contributed by atoms with van der Waals surface area (Å²) < 4.78 is 0. The van der Waals surface area contributed by atoms with Gasteiger partial charge in [-0.1, -0.05) is 66.7 Å². The van der Waals surface area contributed by atoms with Gasteiger partial charge in [-0.2, -0.15) is 0 Å². The van der Waals surface area contributed by atoms with E-state index in [0.717, 1.165) is 45.8 Å². The molecular formula is C33H45N5O2. The van der Waals surface area contributed by atoms with E-state index in [2.05, 4.69) is 102 Å². The predicted molar refractivity (Wildman–Crippen MR) is 161 cm³/mol. The molecule has 3 atom stereocenters. The molecule has 1 heterocycles. The van der Waals surface area contributed by atoms with Crippen molar-refractivity contribution in [1.82, 2.24) is 25.5 Å². The predicted octanol–water partition coefficient (Wildman–Crippen LogP) is 4.51. The van der Waals surface area contributed by atoms with E-state index in [1.165, 1.54) is 22.3 Å². The largest absolute Gasteiger partial charge is 0.309 e. The second-order valence-electron chi connectivity index (χ2n) is 11.5. The van der Waals surface area contributed by atoms with E-state index < -0.39 is 5.91 Å². The van der Waals surface area contributed by atoms with Crippen molar-refractivity contribution < 1.29 is 10.0 Å². The third-order valence-electron chi connectivity index (χ3n) is 7.79. The van der Waals surface area contributed by atoms with Gasteiger partial charge in [-0.15, -0.1) is 0 Å². The molecule has 0 bridgehead atoms. The van der Waals surface area contributed by atoms with E-state index in [9.17, 15) is 4.79 Å². The Labute approximate surface area is 239 Å². The van der Waals surface area contributed by atoms with Crippen molar-refractivity contribution in [1.29, 1.82) is 0 Å². The van der Waals surface area contributed by atoms with Gasteiger partial charge in [-0.3, -0.25) is 19.8 Å². The lowest BCUT2D eigenvalue weighted by Crippen LogP contribution is -2.55. The number of rotatable bonds is 12. The van der Waals surface area contributed by atoms with Gasteiger partial charge < -0.3 is 10.2 Å². The summed E-state index contributed by atoms with van der Waals surface area (Å²) in [6, 6.07) is 28.4. The number of nitrogens with one attached hydrogen (secondary N) is 2. The van der Waals surface area contributed by atoms with Gasteiger partial charge in [0.2, 0.25) is 0 Å². The molecule has 1 aliphatic heterocycles. The summed E-state index contributed by atoms with van der Waals surface area (Å²) in [7, 11) is 2.18. The fraction of sp³-hybridized carbons (Fsp3) is 0.424. The standard InChI is InChI=1S/C33H45N5O2/c1-25(19-36(4)22-28-9-6-5-7-10-28)34-18-30-11-8-12-31(17-30)24-38-26(2)20-37(21-27(38)3)23-29-13-15-32(16-14-29)33(39)35-40/h5-17,25-27,34,40H,18-24H2,1-4H3,(H,35,39). The lowest BCUT2D eigenvalue weighted by molar-refractivity contribution is 0.0290. The van der Waals surface area contributed by atoms with Gasteiger partial charge in [0.05, 0.1) is 0 Å². The first-order chi connectivity index (χ1) is 19.3. The summed E-state index contributed by atoms with van der Waals surface area (Å²) in [5.74, 6) is -0.483. The number of likely N-dealkylation sites (N-methyl/N-ethyl adjacent to an activating group) is 1. The van der Waals surface area contributed by atoms with Crippen LogP contribution in [0, 0.1) is 0 Å². The fourth-order valence-corrected chi connectivity index (χ4v) is 5.82. The molecule has 3 aromatic carbocycles. The Morgan fingerprint density at radius 1 is 0.900 bits per heavy atom. The maximum atomic E-state index is 11.6. The second kappa shape index (κ2) is 14.5. The van der Waals surface area contributed by atoms with E-state index in [0.29, 0.717) is 23.7 Å². The normalized spacial score (nSPS) is 19.1. The van der Waals surface area contributed by atoms with E-state index in [4.69, 9.17) is 5.21 Å². The molecule has 7 nitrogen and oxygen atoms in total. The topological polar surface area (TPSA) is 71.1 Å². The van der Waals surface area contributed by atoms with Crippen molar-refractivity contribution >= 4 is 5.91 Å². The van der Waals surface area contributed by atoms with Gasteiger partial charge in [-0.25, -0.2) is 5.48 Å². The zero-order valence-electron chi connectivity index (χ0n) is 24.4. The van der Waals surface area contributed by atoms with Crippen molar-refractivity contribution in [2.45, 2.75) is 65.1 Å². The molecule has 214 valence electrons. The zero-order chi connectivity index (χ0) is 28.5. The van der Waals surface area contributed by atoms with Crippen LogP contribution in [-0.2, 0) is 26.2 Å². The molecule has 1 fully saturated rings. The minimum atomic E-state index is -0.483. The van der Waals surface area contributed by atoms with Crippen LogP contribution in [0.3, 0.4) is 0 Å². The van der Waals surface area contributed by atoms with Crippen LogP contribution in [-0.4, -0.2) is 70.6 Å². The number of benzene rings is 3. The number of carbonyl (C=O) groups excluding carboxylic acids is 1. The highest BCUT2D eigenvalue weighted by Gasteiger charge is 2.29. The van der Waals surface area contributed by atoms with Crippen LogP contribution in [0.4, 0.5) is 0 Å². The molecule has 7 heteroatoms. The number of carbonyl (C=O) groups is 1. The minimum absolute atomic E-state index is 0.397. The Kier molecular flexibility index (Phi) is 10.9. The molecule has 4 rings (SSSR count). The maximum absolute atomic E-state index is 11.6. The van der Waals surface area contributed by atoms with E-state index in [1.54, 1.807) is 17.6 Å². The number of hydrogen-bond acceptors (Lipinski definition) is 6. The van der Waals surface area contributed by atoms with Gasteiger partial charge in [0, 0.05) is 69.5 Å². The van der Waals surface area contributed by atoms with Crippen molar-refractivity contribution in [2.24, 2.45) is 0 Å². The molecule has 40 heavy (non-hydrogen) atoms. The molecule has 1 aliphatic rings. The molecule has 0 aliphatic carbocycles. The fourth-order valence-electron chi connectivity index (χ4n) is 5.82. The number of piperazine rings is 1. The van der Waals surface area contributed by atoms with Crippen LogP contribution in [0.2, 0.25) is 0 Å². The second-order valence-corrected chi connectivity index (χ2v) is 11.5. The number of nitrogens with zero attached hydrogens (tertiary/aromatic N) is 3. The van der Waals surface area contributed by atoms with Gasteiger partial charge in [0.25, 0.3) is 5.91 Å². The highest BCUT2D eigenvalue weighted by Crippen LogP contribution is 2.21. The molecule has 1 saturated heterocycles. The average Bonchev–Trinajstić information content (AvgIpc) is 2.94. The molecule has 3 aromatic rings. The Balaban J connectivity index is 1.25. The highest BCUT2D eigenvalue weighted by atomic mass is 16.5. The zero-order valence-corrected chi connectivity index (χ0v) is 24.4. The third-order valence-corrected chi connectivity index (χ3v) is 7.79. The van der Waals surface area contributed by atoms with Crippen molar-refractivity contribution in [3.05, 3.63) is 107 Å². The van der Waals surface area contributed by atoms with Crippen molar-refractivity contribution in [3.63, 3.8) is 0 Å². The van der Waals surface area contributed by atoms with E-state index in [-0.39, 0.29) is 0 Å². The summed E-state index contributed by atoms with van der Waals surface area (Å²) in [4.78, 5) is 19.1. The van der Waals surface area contributed by atoms with Gasteiger partial charge in [0.1, 0.15) is 0 Å². The monoisotopic (exact) mass is 543 g/mol. The Morgan fingerprint density at radius 3 is 2.23 bits per heavy atom. The van der Waals surface area contributed by atoms with Gasteiger partial charge in [0.15, 0.2) is 0 Å². The number of hydrogen-bond donors (Lipinski definition) is 3. The lowest BCUT2D eigenvalue weighted by Gasteiger charge is -2.44. The SMILES string of the molecule is CC(CN(C)Cc1ccccc1)NCc1cccc(CN2C(C)CN(Cc3ccc(C(=O)NO)cc3)CC2C)c1. The molecule has 0 aromatic heterocycles. The van der Waals surface area contributed by atoms with E-state index in [1.807, 2.05) is 12.1 Å². The highest BCUT2D eigenvalue weighted by molar-refractivity contribution is 5.93. The summed E-state index contributed by atoms with van der Waals surface area (Å²) in [6.07, 6.45) is 0. The van der Waals surface area contributed by atoms with Crippen LogP contribution in [0.25, 0.3) is 0 Å². The summed E-state index contributed by atoms with van der Waals surface area (Å²) in [5, 5.41) is 12.5. The number of amides is 1. The van der Waals surface area contributed by atoms with Crippen LogP contribution in [0.5, 0.6) is 0 Å². The van der Waals surface area contributed by atoms with Gasteiger partial charge >= 0.3 is 0 Å². The molecule has 3 unspecified atom stereocenters. The minimum Gasteiger partial charge on any atom is -0.309 e. The molecule has 0 saturated carbocycles. The third kappa shape index (κ3) is 8.71. The van der Waals surface area contributed by atoms with E-state index >= 15 is 0 Å². The summed E-state index contributed by atoms with van der Waals surface area (Å²) in [6.45, 7) is 13.5. The molecule has 1 amide bonds. The smallest absolute Gasteiger partial charge is 0.274 e. The Morgan fingerprint density at radius 2 is 1.55 bits per heavy atom. The maximum Gasteiger partial charge on any atom is 0.274 e. The molecular weight excluding hydrogens is 498 g/mol. The first-order valence-electron chi connectivity index (χ1n) is 14.4. The quantitative estimate of drug-likeness (QED) is 0.231. The first-order valence-corrected chi connectivity index (χ1v) is 14.4.